The lowest BCUT2D eigenvalue weighted by Crippen LogP contribution is -2.30. The van der Waals surface area contributed by atoms with Gasteiger partial charge in [0, 0.05) is 16.2 Å². The van der Waals surface area contributed by atoms with Crippen LogP contribution in [0.15, 0.2) is 53.4 Å². The zero-order chi connectivity index (χ0) is 19.8. The Balaban J connectivity index is 1.80. The van der Waals surface area contributed by atoms with E-state index in [1.54, 1.807) is 36.4 Å². The molecule has 142 valence electrons. The van der Waals surface area contributed by atoms with Gasteiger partial charge in [0.25, 0.3) is 5.91 Å². The van der Waals surface area contributed by atoms with Crippen molar-refractivity contribution in [3.05, 3.63) is 59.9 Å². The second-order valence-corrected chi connectivity index (χ2v) is 6.94. The molecule has 7 heteroatoms. The highest BCUT2D eigenvalue weighted by molar-refractivity contribution is 7.99. The number of ketones is 1. The van der Waals surface area contributed by atoms with Crippen molar-refractivity contribution in [2.24, 2.45) is 0 Å². The number of amides is 1. The van der Waals surface area contributed by atoms with Crippen molar-refractivity contribution in [2.45, 2.75) is 31.3 Å². The largest absolute Gasteiger partial charge is 0.453 e. The summed E-state index contributed by atoms with van der Waals surface area (Å²) in [5.74, 6) is -1.06. The van der Waals surface area contributed by atoms with Crippen LogP contribution < -0.4 is 5.32 Å². The Morgan fingerprint density at radius 3 is 2.44 bits per heavy atom. The minimum Gasteiger partial charge on any atom is -0.453 e. The highest BCUT2D eigenvalue weighted by atomic mass is 32.2. The van der Waals surface area contributed by atoms with E-state index in [0.29, 0.717) is 17.0 Å². The molecule has 1 amide bonds. The summed E-state index contributed by atoms with van der Waals surface area (Å²) in [6, 6.07) is 12.6. The molecule has 2 aromatic rings. The van der Waals surface area contributed by atoms with E-state index in [0.717, 1.165) is 4.90 Å². The lowest BCUT2D eigenvalue weighted by molar-refractivity contribution is -0.152. The van der Waals surface area contributed by atoms with Crippen molar-refractivity contribution >= 4 is 35.1 Å². The number of carbonyl (C=O) groups excluding carboxylic acids is 3. The van der Waals surface area contributed by atoms with Crippen molar-refractivity contribution in [1.82, 2.24) is 0 Å². The fraction of sp³-hybridized carbons (Fsp3) is 0.250. The van der Waals surface area contributed by atoms with Gasteiger partial charge in [0.05, 0.1) is 12.1 Å². The molecule has 1 N–H and O–H groups in total. The lowest BCUT2D eigenvalue weighted by atomic mass is 10.1. The number of para-hydroxylation sites is 1. The third-order valence-electron chi connectivity index (χ3n) is 3.63. The molecule has 0 spiro atoms. The molecular formula is C20H20FNO4S. The summed E-state index contributed by atoms with van der Waals surface area (Å²) in [5.41, 5.74) is 0.768. The van der Waals surface area contributed by atoms with E-state index in [-0.39, 0.29) is 18.0 Å². The predicted molar refractivity (Wildman–Crippen MR) is 102 cm³/mol. The van der Waals surface area contributed by atoms with E-state index in [1.165, 1.54) is 37.7 Å². The minimum absolute atomic E-state index is 0.115. The van der Waals surface area contributed by atoms with Gasteiger partial charge in [-0.1, -0.05) is 12.1 Å². The van der Waals surface area contributed by atoms with E-state index in [2.05, 4.69) is 5.32 Å². The average molecular weight is 389 g/mol. The number of hydrogen-bond donors (Lipinski definition) is 1. The quantitative estimate of drug-likeness (QED) is 0.418. The number of halogens is 1. The molecule has 0 fully saturated rings. The van der Waals surface area contributed by atoms with Crippen LogP contribution in [0.2, 0.25) is 0 Å². The van der Waals surface area contributed by atoms with Crippen LogP contribution in [-0.4, -0.2) is 29.5 Å². The molecule has 0 bridgehead atoms. The van der Waals surface area contributed by atoms with Crippen molar-refractivity contribution in [2.75, 3.05) is 11.1 Å². The fourth-order valence-electron chi connectivity index (χ4n) is 2.23. The molecule has 2 rings (SSSR count). The summed E-state index contributed by atoms with van der Waals surface area (Å²) >= 11 is 1.40. The Kier molecular flexibility index (Phi) is 7.55. The molecular weight excluding hydrogens is 369 g/mol. The van der Waals surface area contributed by atoms with Gasteiger partial charge in [0.1, 0.15) is 5.82 Å². The number of carbonyl (C=O) groups is 3. The van der Waals surface area contributed by atoms with E-state index < -0.39 is 18.0 Å². The number of hydrogen-bond acceptors (Lipinski definition) is 5. The second kappa shape index (κ2) is 9.87. The summed E-state index contributed by atoms with van der Waals surface area (Å²) in [6.45, 7) is 2.88. The highest BCUT2D eigenvalue weighted by Crippen LogP contribution is 2.19. The fourth-order valence-corrected chi connectivity index (χ4v) is 3.06. The zero-order valence-electron chi connectivity index (χ0n) is 15.0. The Morgan fingerprint density at radius 2 is 1.78 bits per heavy atom. The summed E-state index contributed by atoms with van der Waals surface area (Å²) in [4.78, 5) is 36.5. The Bertz CT molecular complexity index is 823. The molecule has 0 aliphatic carbocycles. The van der Waals surface area contributed by atoms with Gasteiger partial charge >= 0.3 is 5.97 Å². The Hall–Kier alpha value is -2.67. The number of ether oxygens (including phenoxy) is 1. The molecule has 1 atom stereocenters. The zero-order valence-corrected chi connectivity index (χ0v) is 15.8. The average Bonchev–Trinajstić information content (AvgIpc) is 2.63. The van der Waals surface area contributed by atoms with Gasteiger partial charge < -0.3 is 10.1 Å². The Labute approximate surface area is 161 Å². The van der Waals surface area contributed by atoms with Gasteiger partial charge in [-0.05, 0) is 50.2 Å². The molecule has 0 radical (unpaired) electrons. The van der Waals surface area contributed by atoms with E-state index >= 15 is 0 Å². The standard InChI is InChI=1S/C20H20FNO4S/c1-13(23)17-5-3-4-6-18(17)22-20(25)14(2)26-19(24)11-12-27-16-9-7-15(21)8-10-16/h3-10,14H,11-12H2,1-2H3,(H,22,25)/t14-/m0/s1. The summed E-state index contributed by atoms with van der Waals surface area (Å²) in [5, 5.41) is 2.61. The Morgan fingerprint density at radius 1 is 1.11 bits per heavy atom. The van der Waals surface area contributed by atoms with Gasteiger partial charge in [0.2, 0.25) is 0 Å². The first kappa shape index (κ1) is 20.6. The number of benzene rings is 2. The SMILES string of the molecule is CC(=O)c1ccccc1NC(=O)[C@H](C)OC(=O)CCSc1ccc(F)cc1. The van der Waals surface area contributed by atoms with Crippen LogP contribution in [0, 0.1) is 5.82 Å². The smallest absolute Gasteiger partial charge is 0.307 e. The van der Waals surface area contributed by atoms with Crippen molar-refractivity contribution in [1.29, 1.82) is 0 Å². The normalized spacial score (nSPS) is 11.5. The predicted octanol–water partition coefficient (Wildman–Crippen LogP) is 4.08. The molecule has 0 heterocycles. The first-order valence-corrected chi connectivity index (χ1v) is 9.34. The lowest BCUT2D eigenvalue weighted by Gasteiger charge is -2.15. The number of anilines is 1. The minimum atomic E-state index is -0.992. The van der Waals surface area contributed by atoms with Gasteiger partial charge in [-0.25, -0.2) is 4.39 Å². The topological polar surface area (TPSA) is 72.5 Å². The van der Waals surface area contributed by atoms with E-state index in [9.17, 15) is 18.8 Å². The van der Waals surface area contributed by atoms with Crippen molar-refractivity contribution in [3.8, 4) is 0 Å². The van der Waals surface area contributed by atoms with Crippen LogP contribution in [-0.2, 0) is 14.3 Å². The molecule has 0 aromatic heterocycles. The maximum Gasteiger partial charge on any atom is 0.307 e. The molecule has 0 unspecified atom stereocenters. The number of Topliss-reactive ketones (excluding diaryl/α,β-unsaturated/α-hetero) is 1. The van der Waals surface area contributed by atoms with Crippen molar-refractivity contribution < 1.29 is 23.5 Å². The summed E-state index contributed by atoms with van der Waals surface area (Å²) < 4.78 is 18.0. The summed E-state index contributed by atoms with van der Waals surface area (Å²) in [7, 11) is 0. The van der Waals surface area contributed by atoms with Crippen LogP contribution in [0.25, 0.3) is 0 Å². The molecule has 5 nitrogen and oxygen atoms in total. The molecule has 0 aliphatic rings. The van der Waals surface area contributed by atoms with Crippen LogP contribution >= 0.6 is 11.8 Å². The highest BCUT2D eigenvalue weighted by Gasteiger charge is 2.19. The second-order valence-electron chi connectivity index (χ2n) is 5.78. The number of thioether (sulfide) groups is 1. The van der Waals surface area contributed by atoms with Crippen molar-refractivity contribution in [3.63, 3.8) is 0 Å². The molecule has 0 saturated heterocycles. The maximum absolute atomic E-state index is 12.8. The van der Waals surface area contributed by atoms with E-state index in [4.69, 9.17) is 4.74 Å². The monoisotopic (exact) mass is 389 g/mol. The van der Waals surface area contributed by atoms with Gasteiger partial charge in [-0.2, -0.15) is 0 Å². The first-order valence-electron chi connectivity index (χ1n) is 8.35. The number of rotatable bonds is 8. The van der Waals surface area contributed by atoms with Crippen LogP contribution in [0.1, 0.15) is 30.6 Å². The van der Waals surface area contributed by atoms with Crippen LogP contribution in [0.5, 0.6) is 0 Å². The number of nitrogens with one attached hydrogen (secondary N) is 1. The van der Waals surface area contributed by atoms with Crippen LogP contribution in [0.4, 0.5) is 10.1 Å². The molecule has 0 saturated carbocycles. The summed E-state index contributed by atoms with van der Waals surface area (Å²) in [6.07, 6.45) is -0.878. The van der Waals surface area contributed by atoms with Gasteiger partial charge in [0.15, 0.2) is 11.9 Å². The van der Waals surface area contributed by atoms with Crippen LogP contribution in [0.3, 0.4) is 0 Å². The third kappa shape index (κ3) is 6.53. The number of esters is 1. The molecule has 0 aliphatic heterocycles. The van der Waals surface area contributed by atoms with E-state index in [1.807, 2.05) is 0 Å². The van der Waals surface area contributed by atoms with Gasteiger partial charge in [-0.3, -0.25) is 14.4 Å². The first-order chi connectivity index (χ1) is 12.9. The molecule has 27 heavy (non-hydrogen) atoms. The third-order valence-corrected chi connectivity index (χ3v) is 4.64. The maximum atomic E-state index is 12.8. The van der Waals surface area contributed by atoms with Gasteiger partial charge in [-0.15, -0.1) is 11.8 Å². The molecule has 2 aromatic carbocycles.